The first-order chi connectivity index (χ1) is 4.70. The Kier molecular flexibility index (Phi) is 4.30. The second-order valence-corrected chi connectivity index (χ2v) is 2.02. The molecule has 0 unspecified atom stereocenters. The Morgan fingerprint density at radius 1 is 1.80 bits per heavy atom. The zero-order valence-electron chi connectivity index (χ0n) is 6.26. The Labute approximate surface area is 60.6 Å². The summed E-state index contributed by atoms with van der Waals surface area (Å²) in [5, 5.41) is 8.38. The fourth-order valence-electron chi connectivity index (χ4n) is 0.612. The van der Waals surface area contributed by atoms with Crippen LogP contribution in [0.3, 0.4) is 0 Å². The van der Waals surface area contributed by atoms with Crippen molar-refractivity contribution in [1.82, 2.24) is 0 Å². The van der Waals surface area contributed by atoms with E-state index in [0.29, 0.717) is 6.42 Å². The predicted molar refractivity (Wildman–Crippen MR) is 36.1 cm³/mol. The maximum absolute atomic E-state index is 10.3. The number of hydrogen-bond acceptors (Lipinski definition) is 3. The normalized spacial score (nSPS) is 11.7. The van der Waals surface area contributed by atoms with Gasteiger partial charge in [0.2, 0.25) is 0 Å². The molecule has 0 aliphatic heterocycles. The van der Waals surface area contributed by atoms with Gasteiger partial charge in [0.1, 0.15) is 6.07 Å². The summed E-state index contributed by atoms with van der Waals surface area (Å²) in [6.45, 7) is 3.24. The van der Waals surface area contributed by atoms with E-state index >= 15 is 0 Å². The van der Waals surface area contributed by atoms with Crippen LogP contribution in [0.1, 0.15) is 26.7 Å². The highest BCUT2D eigenvalue weighted by Crippen LogP contribution is 2.00. The Hall–Kier alpha value is -1.04. The summed E-state index contributed by atoms with van der Waals surface area (Å²) in [6.07, 6.45) is 0.921. The van der Waals surface area contributed by atoms with Gasteiger partial charge in [-0.1, -0.05) is 13.3 Å². The van der Waals surface area contributed by atoms with Gasteiger partial charge in [-0.3, -0.25) is 4.79 Å². The SMILES string of the molecule is CCC[C@@H](C#N)OC(C)=O. The highest BCUT2D eigenvalue weighted by Gasteiger charge is 2.07. The highest BCUT2D eigenvalue weighted by atomic mass is 16.5. The lowest BCUT2D eigenvalue weighted by molar-refractivity contribution is -0.144. The molecule has 0 saturated heterocycles. The van der Waals surface area contributed by atoms with Crippen molar-refractivity contribution in [2.24, 2.45) is 0 Å². The molecule has 0 saturated carbocycles. The summed E-state index contributed by atoms with van der Waals surface area (Å²) in [6, 6.07) is 1.89. The molecule has 3 heteroatoms. The van der Waals surface area contributed by atoms with Gasteiger partial charge in [-0.2, -0.15) is 5.26 Å². The minimum absolute atomic E-state index is 0.389. The van der Waals surface area contributed by atoms with Crippen LogP contribution in [0.25, 0.3) is 0 Å². The van der Waals surface area contributed by atoms with E-state index in [4.69, 9.17) is 5.26 Å². The minimum atomic E-state index is -0.553. The minimum Gasteiger partial charge on any atom is -0.447 e. The molecule has 0 N–H and O–H groups in total. The predicted octanol–water partition coefficient (Wildman–Crippen LogP) is 1.24. The molecule has 0 aromatic heterocycles. The van der Waals surface area contributed by atoms with E-state index in [-0.39, 0.29) is 5.97 Å². The van der Waals surface area contributed by atoms with Crippen molar-refractivity contribution in [1.29, 1.82) is 5.26 Å². The first-order valence-electron chi connectivity index (χ1n) is 3.27. The standard InChI is InChI=1S/C7H11NO2/c1-3-4-7(5-8)10-6(2)9/h7H,3-4H2,1-2H3/t7-/m0/s1. The molecule has 0 aliphatic carbocycles. The number of nitriles is 1. The van der Waals surface area contributed by atoms with Crippen LogP contribution in [0.15, 0.2) is 0 Å². The fraction of sp³-hybridized carbons (Fsp3) is 0.714. The van der Waals surface area contributed by atoms with Crippen molar-refractivity contribution in [3.05, 3.63) is 0 Å². The Bertz CT molecular complexity index is 148. The molecule has 3 nitrogen and oxygen atoms in total. The lowest BCUT2D eigenvalue weighted by Gasteiger charge is -2.05. The third-order valence-corrected chi connectivity index (χ3v) is 1.00. The van der Waals surface area contributed by atoms with E-state index in [1.54, 1.807) is 0 Å². The van der Waals surface area contributed by atoms with Crippen LogP contribution in [0.4, 0.5) is 0 Å². The summed E-state index contributed by atoms with van der Waals surface area (Å²) < 4.78 is 4.64. The molecule has 0 bridgehead atoms. The fourth-order valence-corrected chi connectivity index (χ4v) is 0.612. The molecule has 0 aromatic carbocycles. The van der Waals surface area contributed by atoms with E-state index < -0.39 is 6.10 Å². The molecule has 56 valence electrons. The molecule has 0 aromatic rings. The molecule has 0 aliphatic rings. The van der Waals surface area contributed by atoms with E-state index in [1.807, 2.05) is 13.0 Å². The van der Waals surface area contributed by atoms with Crippen molar-refractivity contribution in [2.75, 3.05) is 0 Å². The third kappa shape index (κ3) is 3.90. The van der Waals surface area contributed by atoms with Crippen LogP contribution in [0.5, 0.6) is 0 Å². The van der Waals surface area contributed by atoms with Crippen molar-refractivity contribution in [3.63, 3.8) is 0 Å². The van der Waals surface area contributed by atoms with Gasteiger partial charge < -0.3 is 4.74 Å². The van der Waals surface area contributed by atoms with Gasteiger partial charge in [-0.15, -0.1) is 0 Å². The number of rotatable bonds is 3. The van der Waals surface area contributed by atoms with Crippen LogP contribution < -0.4 is 0 Å². The van der Waals surface area contributed by atoms with E-state index in [0.717, 1.165) is 6.42 Å². The third-order valence-electron chi connectivity index (χ3n) is 1.00. The van der Waals surface area contributed by atoms with Crippen LogP contribution in [0.2, 0.25) is 0 Å². The van der Waals surface area contributed by atoms with E-state index in [1.165, 1.54) is 6.92 Å². The molecule has 0 spiro atoms. The van der Waals surface area contributed by atoms with Crippen LogP contribution in [-0.2, 0) is 9.53 Å². The Morgan fingerprint density at radius 2 is 2.40 bits per heavy atom. The first kappa shape index (κ1) is 8.96. The number of carbonyl (C=O) groups excluding carboxylic acids is 1. The van der Waals surface area contributed by atoms with Crippen molar-refractivity contribution in [3.8, 4) is 6.07 Å². The summed E-state index contributed by atoms with van der Waals surface area (Å²) in [7, 11) is 0. The number of hydrogen-bond donors (Lipinski definition) is 0. The monoisotopic (exact) mass is 141 g/mol. The van der Waals surface area contributed by atoms with Gasteiger partial charge in [0.05, 0.1) is 0 Å². The van der Waals surface area contributed by atoms with Gasteiger partial charge in [-0.05, 0) is 6.42 Å². The van der Waals surface area contributed by atoms with Gasteiger partial charge >= 0.3 is 5.97 Å². The van der Waals surface area contributed by atoms with Crippen LogP contribution in [0, 0.1) is 11.3 Å². The zero-order chi connectivity index (χ0) is 7.98. The molecular formula is C7H11NO2. The number of carbonyl (C=O) groups is 1. The molecule has 0 fully saturated rings. The lowest BCUT2D eigenvalue weighted by Crippen LogP contribution is -2.13. The second kappa shape index (κ2) is 4.80. The zero-order valence-corrected chi connectivity index (χ0v) is 6.26. The highest BCUT2D eigenvalue weighted by molar-refractivity contribution is 5.66. The van der Waals surface area contributed by atoms with Gasteiger partial charge in [0.15, 0.2) is 6.10 Å². The molecule has 1 atom stereocenters. The topological polar surface area (TPSA) is 50.1 Å². The van der Waals surface area contributed by atoms with E-state index in [9.17, 15) is 4.79 Å². The van der Waals surface area contributed by atoms with Gasteiger partial charge in [-0.25, -0.2) is 0 Å². The summed E-state index contributed by atoms with van der Waals surface area (Å²) in [5.74, 6) is -0.389. The van der Waals surface area contributed by atoms with Crippen molar-refractivity contribution < 1.29 is 9.53 Å². The summed E-state index contributed by atoms with van der Waals surface area (Å²) >= 11 is 0. The number of ether oxygens (including phenoxy) is 1. The molecule has 0 amide bonds. The molecule has 0 radical (unpaired) electrons. The molecule has 0 rings (SSSR count). The summed E-state index contributed by atoms with van der Waals surface area (Å²) in [4.78, 5) is 10.3. The Balaban J connectivity index is 3.63. The Morgan fingerprint density at radius 3 is 2.70 bits per heavy atom. The van der Waals surface area contributed by atoms with E-state index in [2.05, 4.69) is 4.74 Å². The average molecular weight is 141 g/mol. The van der Waals surface area contributed by atoms with Gasteiger partial charge in [0.25, 0.3) is 0 Å². The lowest BCUT2D eigenvalue weighted by atomic mass is 10.2. The number of nitrogens with zero attached hydrogens (tertiary/aromatic N) is 1. The second-order valence-electron chi connectivity index (χ2n) is 2.02. The van der Waals surface area contributed by atoms with Crippen molar-refractivity contribution in [2.45, 2.75) is 32.8 Å². The molecule has 0 heterocycles. The summed E-state index contributed by atoms with van der Waals surface area (Å²) in [5.41, 5.74) is 0. The molecular weight excluding hydrogens is 130 g/mol. The number of esters is 1. The van der Waals surface area contributed by atoms with Crippen LogP contribution in [-0.4, -0.2) is 12.1 Å². The maximum atomic E-state index is 10.3. The average Bonchev–Trinajstić information content (AvgIpc) is 1.86. The van der Waals surface area contributed by atoms with Crippen molar-refractivity contribution >= 4 is 5.97 Å². The smallest absolute Gasteiger partial charge is 0.303 e. The van der Waals surface area contributed by atoms with Crippen LogP contribution >= 0.6 is 0 Å². The quantitative estimate of drug-likeness (QED) is 0.555. The maximum Gasteiger partial charge on any atom is 0.303 e. The first-order valence-corrected chi connectivity index (χ1v) is 3.27. The largest absolute Gasteiger partial charge is 0.447 e. The molecule has 10 heavy (non-hydrogen) atoms. The van der Waals surface area contributed by atoms with Gasteiger partial charge in [0, 0.05) is 6.92 Å².